The lowest BCUT2D eigenvalue weighted by Crippen LogP contribution is -2.14. The van der Waals surface area contributed by atoms with Crippen LogP contribution < -0.4 is 0 Å². The van der Waals surface area contributed by atoms with Crippen LogP contribution >= 0.6 is 0 Å². The smallest absolute Gasteiger partial charge is 0.164 e. The van der Waals surface area contributed by atoms with Gasteiger partial charge in [-0.3, -0.25) is 0 Å². The molecule has 5 nitrogen and oxygen atoms in total. The molecule has 3 aromatic heterocycles. The summed E-state index contributed by atoms with van der Waals surface area (Å²) in [6, 6.07) is 64.0. The molecule has 59 heavy (non-hydrogen) atoms. The number of hydrogen-bond acceptors (Lipinski definition) is 4. The van der Waals surface area contributed by atoms with Crippen LogP contribution in [0.25, 0.3) is 106 Å². The molecule has 0 atom stereocenters. The fourth-order valence-corrected chi connectivity index (χ4v) is 9.50. The maximum Gasteiger partial charge on any atom is 0.164 e. The van der Waals surface area contributed by atoms with Gasteiger partial charge < -0.3 is 8.98 Å². The summed E-state index contributed by atoms with van der Waals surface area (Å²) in [4.78, 5) is 15.1. The highest BCUT2D eigenvalue weighted by molar-refractivity contribution is 6.28. The van der Waals surface area contributed by atoms with Crippen molar-refractivity contribution < 1.29 is 4.42 Å². The summed E-state index contributed by atoms with van der Waals surface area (Å²) in [5, 5.41) is 4.53. The molecule has 0 saturated heterocycles. The van der Waals surface area contributed by atoms with Crippen LogP contribution in [0.1, 0.15) is 25.0 Å². The third-order valence-corrected chi connectivity index (χ3v) is 12.2. The van der Waals surface area contributed by atoms with E-state index in [4.69, 9.17) is 19.4 Å². The van der Waals surface area contributed by atoms with E-state index < -0.39 is 0 Å². The fraction of sp³-hybridized carbons (Fsp3) is 0.0556. The highest BCUT2D eigenvalue weighted by Crippen LogP contribution is 2.55. The molecule has 3 heterocycles. The molecule has 8 aromatic carbocycles. The topological polar surface area (TPSA) is 56.7 Å². The van der Waals surface area contributed by atoms with E-state index in [9.17, 15) is 0 Å². The van der Waals surface area contributed by atoms with E-state index in [2.05, 4.69) is 140 Å². The molecule has 0 fully saturated rings. The van der Waals surface area contributed by atoms with Crippen LogP contribution in [0.15, 0.2) is 186 Å². The molecule has 0 radical (unpaired) electrons. The average Bonchev–Trinajstić information content (AvgIpc) is 3.93. The second-order valence-corrected chi connectivity index (χ2v) is 16.0. The highest BCUT2D eigenvalue weighted by atomic mass is 16.3. The first-order valence-electron chi connectivity index (χ1n) is 20.1. The predicted octanol–water partition coefficient (Wildman–Crippen LogP) is 13.8. The first kappa shape index (κ1) is 33.5. The van der Waals surface area contributed by atoms with Gasteiger partial charge in [-0.05, 0) is 69.8 Å². The average molecular weight is 757 g/mol. The predicted molar refractivity (Wildman–Crippen MR) is 241 cm³/mol. The SMILES string of the molecule is CC1(C)c2ccccc2-c2c1ccc1c2c2cc(-c3cccc(-c4nc(-c5ccccc5)nc(-c5ccccc5)n4)c3)c3c4ccccc4oc3c2n1-c1ccccc1. The Labute approximate surface area is 340 Å². The van der Waals surface area contributed by atoms with Crippen LogP contribution in [0.3, 0.4) is 0 Å². The van der Waals surface area contributed by atoms with Crippen molar-refractivity contribution in [2.45, 2.75) is 19.3 Å². The molecule has 1 aliphatic carbocycles. The molecule has 278 valence electrons. The zero-order valence-corrected chi connectivity index (χ0v) is 32.5. The van der Waals surface area contributed by atoms with Gasteiger partial charge >= 0.3 is 0 Å². The van der Waals surface area contributed by atoms with Crippen LogP contribution in [-0.2, 0) is 5.41 Å². The molecule has 0 N–H and O–H groups in total. The minimum atomic E-state index is -0.149. The van der Waals surface area contributed by atoms with Crippen LogP contribution in [0.2, 0.25) is 0 Å². The Morgan fingerprint density at radius 1 is 0.458 bits per heavy atom. The lowest BCUT2D eigenvalue weighted by Gasteiger charge is -2.21. The quantitative estimate of drug-likeness (QED) is 0.175. The van der Waals surface area contributed by atoms with E-state index in [0.717, 1.165) is 71.9 Å². The Morgan fingerprint density at radius 3 is 1.78 bits per heavy atom. The third kappa shape index (κ3) is 5.01. The van der Waals surface area contributed by atoms with Crippen LogP contribution in [-0.4, -0.2) is 19.5 Å². The van der Waals surface area contributed by atoms with E-state index in [1.165, 1.54) is 27.6 Å². The van der Waals surface area contributed by atoms with Crippen molar-refractivity contribution in [2.75, 3.05) is 0 Å². The minimum Gasteiger partial charge on any atom is -0.454 e. The summed E-state index contributed by atoms with van der Waals surface area (Å²) in [5.41, 5.74) is 15.1. The Balaban J connectivity index is 1.18. The van der Waals surface area contributed by atoms with Crippen LogP contribution in [0, 0.1) is 0 Å². The summed E-state index contributed by atoms with van der Waals surface area (Å²) in [6.45, 7) is 4.70. The van der Waals surface area contributed by atoms with Gasteiger partial charge in [0.1, 0.15) is 5.58 Å². The number of hydrogen-bond donors (Lipinski definition) is 0. The van der Waals surface area contributed by atoms with Crippen molar-refractivity contribution in [3.05, 3.63) is 193 Å². The Bertz CT molecular complexity index is 3400. The number of nitrogens with zero attached hydrogens (tertiary/aromatic N) is 4. The molecular weight excluding hydrogens is 721 g/mol. The van der Waals surface area contributed by atoms with E-state index in [-0.39, 0.29) is 5.41 Å². The zero-order chi connectivity index (χ0) is 39.2. The van der Waals surface area contributed by atoms with Gasteiger partial charge in [-0.15, -0.1) is 0 Å². The maximum atomic E-state index is 7.04. The van der Waals surface area contributed by atoms with E-state index in [0.29, 0.717) is 17.5 Å². The fourth-order valence-electron chi connectivity index (χ4n) is 9.50. The van der Waals surface area contributed by atoms with Gasteiger partial charge in [-0.2, -0.15) is 0 Å². The second-order valence-electron chi connectivity index (χ2n) is 16.0. The maximum absolute atomic E-state index is 7.04. The Hall–Kier alpha value is -7.63. The number of fused-ring (bicyclic) bond motifs is 11. The monoisotopic (exact) mass is 756 g/mol. The number of benzene rings is 8. The number of rotatable bonds is 5. The summed E-state index contributed by atoms with van der Waals surface area (Å²) in [7, 11) is 0. The Morgan fingerprint density at radius 2 is 1.05 bits per heavy atom. The summed E-state index contributed by atoms with van der Waals surface area (Å²) < 4.78 is 9.45. The molecule has 12 rings (SSSR count). The van der Waals surface area contributed by atoms with Crippen molar-refractivity contribution in [2.24, 2.45) is 0 Å². The molecule has 0 amide bonds. The normalized spacial score (nSPS) is 13.1. The third-order valence-electron chi connectivity index (χ3n) is 12.2. The number of furan rings is 1. The Kier molecular flexibility index (Phi) is 7.20. The van der Waals surface area contributed by atoms with Crippen molar-refractivity contribution in [1.29, 1.82) is 0 Å². The van der Waals surface area contributed by atoms with E-state index >= 15 is 0 Å². The largest absolute Gasteiger partial charge is 0.454 e. The molecular formula is C54H36N4O. The zero-order valence-electron chi connectivity index (χ0n) is 32.5. The lowest BCUT2D eigenvalue weighted by atomic mass is 9.82. The summed E-state index contributed by atoms with van der Waals surface area (Å²) in [6.07, 6.45) is 0. The van der Waals surface area contributed by atoms with E-state index in [1.807, 2.05) is 60.7 Å². The summed E-state index contributed by atoms with van der Waals surface area (Å²) in [5.74, 6) is 1.89. The molecule has 0 spiro atoms. The molecule has 5 heteroatoms. The standard InChI is InChI=1S/C54H36N4O/c1-54(2)42-27-14-12-25-38(42)47-43(54)29-30-44-48(47)41-32-40(46-39-26-13-15-28-45(39)59-50(46)49(41)58(44)37-23-10-5-11-24-37)35-21-16-22-36(31-35)53-56-51(33-17-6-3-7-18-33)55-52(57-53)34-19-8-4-9-20-34/h3-32H,1-2H3. The van der Waals surface area contributed by atoms with Gasteiger partial charge in [0, 0.05) is 49.3 Å². The molecule has 0 saturated carbocycles. The summed E-state index contributed by atoms with van der Waals surface area (Å²) >= 11 is 0. The first-order chi connectivity index (χ1) is 29.0. The molecule has 1 aliphatic rings. The van der Waals surface area contributed by atoms with Crippen molar-refractivity contribution >= 4 is 43.7 Å². The van der Waals surface area contributed by atoms with Crippen molar-refractivity contribution in [3.8, 4) is 62.1 Å². The second kappa shape index (κ2) is 12.7. The molecule has 0 bridgehead atoms. The van der Waals surface area contributed by atoms with Crippen molar-refractivity contribution in [1.82, 2.24) is 19.5 Å². The van der Waals surface area contributed by atoms with Gasteiger partial charge in [0.15, 0.2) is 23.1 Å². The van der Waals surface area contributed by atoms with Crippen molar-refractivity contribution in [3.63, 3.8) is 0 Å². The van der Waals surface area contributed by atoms with Crippen LogP contribution in [0.4, 0.5) is 0 Å². The van der Waals surface area contributed by atoms with Crippen LogP contribution in [0.5, 0.6) is 0 Å². The van der Waals surface area contributed by atoms with Gasteiger partial charge in [-0.25, -0.2) is 15.0 Å². The van der Waals surface area contributed by atoms with Gasteiger partial charge in [0.2, 0.25) is 0 Å². The molecule has 0 aliphatic heterocycles. The number of aromatic nitrogens is 4. The van der Waals surface area contributed by atoms with Gasteiger partial charge in [0.25, 0.3) is 0 Å². The first-order valence-corrected chi connectivity index (χ1v) is 20.1. The number of para-hydroxylation sites is 2. The minimum absolute atomic E-state index is 0.149. The molecule has 11 aromatic rings. The molecule has 0 unspecified atom stereocenters. The van der Waals surface area contributed by atoms with Gasteiger partial charge in [-0.1, -0.05) is 159 Å². The van der Waals surface area contributed by atoms with E-state index in [1.54, 1.807) is 0 Å². The van der Waals surface area contributed by atoms with Gasteiger partial charge in [0.05, 0.1) is 11.0 Å². The highest BCUT2D eigenvalue weighted by Gasteiger charge is 2.38. The lowest BCUT2D eigenvalue weighted by molar-refractivity contribution is 0.661.